The second-order valence-corrected chi connectivity index (χ2v) is 10.0. The Morgan fingerprint density at radius 2 is 1.68 bits per heavy atom. The molecule has 38 heavy (non-hydrogen) atoms. The van der Waals surface area contributed by atoms with Crippen LogP contribution in [-0.4, -0.2) is 69.3 Å². The van der Waals surface area contributed by atoms with Gasteiger partial charge in [0.2, 0.25) is 5.91 Å². The van der Waals surface area contributed by atoms with Crippen molar-refractivity contribution in [1.29, 1.82) is 0 Å². The monoisotopic (exact) mass is 539 g/mol. The van der Waals surface area contributed by atoms with Crippen molar-refractivity contribution in [1.82, 2.24) is 9.80 Å². The number of ether oxygens (including phenoxy) is 3. The summed E-state index contributed by atoms with van der Waals surface area (Å²) in [6.07, 6.45) is 0.629. The number of benzene rings is 2. The van der Waals surface area contributed by atoms with Crippen LogP contribution >= 0.6 is 11.3 Å². The van der Waals surface area contributed by atoms with E-state index >= 15 is 0 Å². The number of carbonyl (C=O) groups excluding carboxylic acids is 2. The van der Waals surface area contributed by atoms with Crippen molar-refractivity contribution in [2.24, 2.45) is 0 Å². The number of rotatable bonds is 13. The zero-order valence-electron chi connectivity index (χ0n) is 22.8. The molecule has 0 bridgehead atoms. The van der Waals surface area contributed by atoms with E-state index in [1.807, 2.05) is 67.8 Å². The Hall–Kier alpha value is -3.56. The molecule has 0 unspecified atom stereocenters. The first-order chi connectivity index (χ1) is 18.3. The third kappa shape index (κ3) is 8.22. The molecule has 3 aromatic rings. The molecule has 0 saturated carbocycles. The molecule has 3 rings (SSSR count). The molecule has 1 aromatic heterocycles. The smallest absolute Gasteiger partial charge is 0.322 e. The number of carbonyl (C=O) groups is 2. The number of hydrogen-bond donors (Lipinski definition) is 1. The number of amides is 3. The molecule has 0 aliphatic rings. The van der Waals surface area contributed by atoms with Crippen LogP contribution in [0.4, 0.5) is 10.5 Å². The Morgan fingerprint density at radius 3 is 2.34 bits per heavy atom. The average Bonchev–Trinajstić information content (AvgIpc) is 3.43. The summed E-state index contributed by atoms with van der Waals surface area (Å²) in [4.78, 5) is 31.1. The van der Waals surface area contributed by atoms with Gasteiger partial charge in [-0.25, -0.2) is 4.79 Å². The fraction of sp³-hybridized carbons (Fsp3) is 0.379. The SMILES string of the molecule is COCCN(CC(=O)N(CCc1ccc(OC)c(OC)c1)Cc1cccs1)C(=O)Nc1ccc(C)c(C)c1. The van der Waals surface area contributed by atoms with Gasteiger partial charge in [-0.1, -0.05) is 18.2 Å². The summed E-state index contributed by atoms with van der Waals surface area (Å²) in [5.41, 5.74) is 3.94. The van der Waals surface area contributed by atoms with Crippen LogP contribution in [0.1, 0.15) is 21.6 Å². The summed E-state index contributed by atoms with van der Waals surface area (Å²) in [5.74, 6) is 1.17. The van der Waals surface area contributed by atoms with Crippen LogP contribution in [0.15, 0.2) is 53.9 Å². The number of hydrogen-bond acceptors (Lipinski definition) is 6. The number of urea groups is 1. The zero-order valence-corrected chi connectivity index (χ0v) is 23.6. The van der Waals surface area contributed by atoms with E-state index in [0.29, 0.717) is 49.8 Å². The molecule has 204 valence electrons. The summed E-state index contributed by atoms with van der Waals surface area (Å²) >= 11 is 1.60. The molecule has 2 aromatic carbocycles. The van der Waals surface area contributed by atoms with Crippen LogP contribution in [0.3, 0.4) is 0 Å². The predicted molar refractivity (Wildman–Crippen MR) is 151 cm³/mol. The van der Waals surface area contributed by atoms with E-state index in [1.165, 1.54) is 4.90 Å². The molecule has 0 atom stereocenters. The Labute approximate surface area is 229 Å². The number of methoxy groups -OCH3 is 3. The van der Waals surface area contributed by atoms with Crippen molar-refractivity contribution in [2.45, 2.75) is 26.8 Å². The molecule has 9 heteroatoms. The van der Waals surface area contributed by atoms with E-state index in [2.05, 4.69) is 5.32 Å². The van der Waals surface area contributed by atoms with E-state index in [0.717, 1.165) is 21.6 Å². The van der Waals surface area contributed by atoms with Crippen LogP contribution in [-0.2, 0) is 22.5 Å². The van der Waals surface area contributed by atoms with Crippen molar-refractivity contribution in [3.63, 3.8) is 0 Å². The Kier molecular flexibility index (Phi) is 11.0. The fourth-order valence-electron chi connectivity index (χ4n) is 3.92. The molecule has 0 aliphatic heterocycles. The molecule has 1 heterocycles. The average molecular weight is 540 g/mol. The van der Waals surface area contributed by atoms with Gasteiger partial charge in [-0.05, 0) is 72.7 Å². The Bertz CT molecular complexity index is 1200. The van der Waals surface area contributed by atoms with Crippen LogP contribution in [0.5, 0.6) is 11.5 Å². The zero-order chi connectivity index (χ0) is 27.5. The minimum absolute atomic E-state index is 0.0582. The maximum absolute atomic E-state index is 13.6. The minimum atomic E-state index is -0.338. The lowest BCUT2D eigenvalue weighted by Gasteiger charge is -2.28. The van der Waals surface area contributed by atoms with Gasteiger partial charge in [-0.2, -0.15) is 0 Å². The lowest BCUT2D eigenvalue weighted by Crippen LogP contribution is -2.46. The van der Waals surface area contributed by atoms with Crippen molar-refractivity contribution in [3.8, 4) is 11.5 Å². The molecule has 0 saturated heterocycles. The Morgan fingerprint density at radius 1 is 0.895 bits per heavy atom. The summed E-state index contributed by atoms with van der Waals surface area (Å²) in [6, 6.07) is 15.2. The van der Waals surface area contributed by atoms with Gasteiger partial charge in [0.1, 0.15) is 6.54 Å². The molecular formula is C29H37N3O5S. The fourth-order valence-corrected chi connectivity index (χ4v) is 4.64. The second kappa shape index (κ2) is 14.4. The van der Waals surface area contributed by atoms with E-state index in [-0.39, 0.29) is 18.5 Å². The minimum Gasteiger partial charge on any atom is -0.493 e. The first-order valence-corrected chi connectivity index (χ1v) is 13.4. The summed E-state index contributed by atoms with van der Waals surface area (Å²) in [7, 11) is 4.78. The second-order valence-electron chi connectivity index (χ2n) is 8.98. The van der Waals surface area contributed by atoms with Crippen molar-refractivity contribution in [3.05, 3.63) is 75.5 Å². The number of nitrogens with one attached hydrogen (secondary N) is 1. The van der Waals surface area contributed by atoms with Gasteiger partial charge in [0.05, 0.1) is 27.4 Å². The molecule has 8 nitrogen and oxygen atoms in total. The van der Waals surface area contributed by atoms with Crippen molar-refractivity contribution in [2.75, 3.05) is 52.9 Å². The highest BCUT2D eigenvalue weighted by Crippen LogP contribution is 2.28. The van der Waals surface area contributed by atoms with Gasteiger partial charge in [0, 0.05) is 30.8 Å². The van der Waals surface area contributed by atoms with Crippen LogP contribution < -0.4 is 14.8 Å². The molecule has 0 spiro atoms. The highest BCUT2D eigenvalue weighted by atomic mass is 32.1. The van der Waals surface area contributed by atoms with E-state index in [1.54, 1.807) is 37.6 Å². The Balaban J connectivity index is 1.74. The highest BCUT2D eigenvalue weighted by Gasteiger charge is 2.22. The topological polar surface area (TPSA) is 80.3 Å². The third-order valence-corrected chi connectivity index (χ3v) is 7.20. The van der Waals surface area contributed by atoms with Crippen LogP contribution in [0.2, 0.25) is 0 Å². The maximum Gasteiger partial charge on any atom is 0.322 e. The normalized spacial score (nSPS) is 10.7. The van der Waals surface area contributed by atoms with Crippen LogP contribution in [0, 0.1) is 13.8 Å². The predicted octanol–water partition coefficient (Wildman–Crippen LogP) is 5.13. The van der Waals surface area contributed by atoms with Crippen molar-refractivity contribution >= 4 is 29.0 Å². The summed E-state index contributed by atoms with van der Waals surface area (Å²) < 4.78 is 16.0. The van der Waals surface area contributed by atoms with E-state index in [9.17, 15) is 9.59 Å². The van der Waals surface area contributed by atoms with Gasteiger partial charge in [-0.3, -0.25) is 4.79 Å². The van der Waals surface area contributed by atoms with Gasteiger partial charge in [0.15, 0.2) is 11.5 Å². The van der Waals surface area contributed by atoms with Gasteiger partial charge < -0.3 is 29.3 Å². The number of nitrogens with zero attached hydrogens (tertiary/aromatic N) is 2. The van der Waals surface area contributed by atoms with E-state index < -0.39 is 0 Å². The first kappa shape index (κ1) is 29.0. The highest BCUT2D eigenvalue weighted by molar-refractivity contribution is 7.09. The molecular weight excluding hydrogens is 502 g/mol. The lowest BCUT2D eigenvalue weighted by atomic mass is 10.1. The summed E-state index contributed by atoms with van der Waals surface area (Å²) in [5, 5.41) is 4.92. The van der Waals surface area contributed by atoms with Gasteiger partial charge in [-0.15, -0.1) is 11.3 Å². The maximum atomic E-state index is 13.6. The van der Waals surface area contributed by atoms with Crippen LogP contribution in [0.25, 0.3) is 0 Å². The quantitative estimate of drug-likeness (QED) is 0.326. The first-order valence-electron chi connectivity index (χ1n) is 12.5. The number of thiophene rings is 1. The summed E-state index contributed by atoms with van der Waals surface area (Å²) in [6.45, 7) is 5.54. The van der Waals surface area contributed by atoms with Crippen molar-refractivity contribution < 1.29 is 23.8 Å². The van der Waals surface area contributed by atoms with E-state index in [4.69, 9.17) is 14.2 Å². The number of aryl methyl sites for hydroxylation is 2. The molecule has 0 aliphatic carbocycles. The third-order valence-electron chi connectivity index (χ3n) is 6.33. The standard InChI is InChI=1S/C29H37N3O5S/c1-21-8-10-24(17-22(21)2)30-29(34)32(14-15-35-3)20-28(33)31(19-25-7-6-16-38-25)13-12-23-9-11-26(36-4)27(18-23)37-5/h6-11,16-18H,12-15,19-20H2,1-5H3,(H,30,34). The largest absolute Gasteiger partial charge is 0.493 e. The lowest BCUT2D eigenvalue weighted by molar-refractivity contribution is -0.132. The molecule has 0 radical (unpaired) electrons. The van der Waals surface area contributed by atoms with Gasteiger partial charge >= 0.3 is 6.03 Å². The molecule has 1 N–H and O–H groups in total. The molecule has 3 amide bonds. The van der Waals surface area contributed by atoms with Gasteiger partial charge in [0.25, 0.3) is 0 Å². The molecule has 0 fully saturated rings. The number of anilines is 1.